The fourth-order valence-corrected chi connectivity index (χ4v) is 2.36. The Hall–Kier alpha value is -1.75. The first-order chi connectivity index (χ1) is 8.72. The monoisotopic (exact) mass is 241 g/mol. The Morgan fingerprint density at radius 3 is 2.83 bits per heavy atom. The van der Waals surface area contributed by atoms with Gasteiger partial charge in [-0.1, -0.05) is 31.2 Å². The summed E-state index contributed by atoms with van der Waals surface area (Å²) in [5.74, 6) is 1.97. The van der Waals surface area contributed by atoms with Gasteiger partial charge in [0.1, 0.15) is 11.8 Å². The molecule has 2 nitrogen and oxygen atoms in total. The lowest BCUT2D eigenvalue weighted by molar-refractivity contribution is 0.197. The molecule has 2 unspecified atom stereocenters. The van der Waals surface area contributed by atoms with Gasteiger partial charge in [-0.2, -0.15) is 5.26 Å². The van der Waals surface area contributed by atoms with Crippen molar-refractivity contribution >= 4 is 0 Å². The summed E-state index contributed by atoms with van der Waals surface area (Å²) in [5, 5.41) is 9.09. The maximum absolute atomic E-state index is 9.09. The van der Waals surface area contributed by atoms with E-state index in [1.807, 2.05) is 25.1 Å². The number of hydrogen-bond acceptors (Lipinski definition) is 2. The van der Waals surface area contributed by atoms with Crippen molar-refractivity contribution in [3.05, 3.63) is 41.5 Å². The molecule has 0 heterocycles. The van der Waals surface area contributed by atoms with Gasteiger partial charge < -0.3 is 4.74 Å². The largest absolute Gasteiger partial charge is 0.492 e. The fraction of sp³-hybridized carbons (Fsp3) is 0.438. The van der Waals surface area contributed by atoms with Crippen molar-refractivity contribution in [3.63, 3.8) is 0 Å². The van der Waals surface area contributed by atoms with Gasteiger partial charge in [0.05, 0.1) is 12.2 Å². The van der Waals surface area contributed by atoms with Crippen LogP contribution in [0.4, 0.5) is 0 Å². The van der Waals surface area contributed by atoms with Gasteiger partial charge in [-0.15, -0.1) is 0 Å². The van der Waals surface area contributed by atoms with Gasteiger partial charge in [-0.05, 0) is 43.2 Å². The number of nitriles is 1. The molecule has 1 aliphatic carbocycles. The van der Waals surface area contributed by atoms with E-state index in [9.17, 15) is 0 Å². The molecule has 2 rings (SSSR count). The second kappa shape index (κ2) is 5.73. The molecule has 0 fully saturated rings. The Kier molecular flexibility index (Phi) is 4.04. The molecule has 0 aliphatic heterocycles. The number of nitrogens with zero attached hydrogens (tertiary/aromatic N) is 1. The second-order valence-corrected chi connectivity index (χ2v) is 5.05. The van der Waals surface area contributed by atoms with Crippen LogP contribution in [-0.4, -0.2) is 6.61 Å². The molecular weight excluding hydrogens is 222 g/mol. The van der Waals surface area contributed by atoms with Crippen molar-refractivity contribution in [2.45, 2.75) is 26.7 Å². The molecule has 0 saturated heterocycles. The maximum Gasteiger partial charge on any atom is 0.139 e. The highest BCUT2D eigenvalue weighted by molar-refractivity contribution is 5.47. The van der Waals surface area contributed by atoms with Crippen molar-refractivity contribution in [2.75, 3.05) is 6.61 Å². The molecule has 18 heavy (non-hydrogen) atoms. The molecule has 1 aliphatic rings. The van der Waals surface area contributed by atoms with Crippen LogP contribution in [-0.2, 0) is 0 Å². The number of ether oxygens (including phenoxy) is 1. The molecule has 0 radical (unpaired) electrons. The first-order valence-electron chi connectivity index (χ1n) is 6.50. The SMILES string of the molecule is Cc1cccc(C#N)c1OCC1CC=CCC1C. The van der Waals surface area contributed by atoms with Crippen molar-refractivity contribution in [1.82, 2.24) is 0 Å². The van der Waals surface area contributed by atoms with Gasteiger partial charge in [0.15, 0.2) is 0 Å². The molecule has 2 atom stereocenters. The Balaban J connectivity index is 2.06. The third-order valence-electron chi connectivity index (χ3n) is 3.69. The van der Waals surface area contributed by atoms with Crippen molar-refractivity contribution in [3.8, 4) is 11.8 Å². The van der Waals surface area contributed by atoms with E-state index < -0.39 is 0 Å². The molecule has 2 heteroatoms. The zero-order valence-corrected chi connectivity index (χ0v) is 11.0. The number of benzene rings is 1. The summed E-state index contributed by atoms with van der Waals surface area (Å²) >= 11 is 0. The van der Waals surface area contributed by atoms with Crippen molar-refractivity contribution < 1.29 is 4.74 Å². The fourth-order valence-electron chi connectivity index (χ4n) is 2.36. The topological polar surface area (TPSA) is 33.0 Å². The highest BCUT2D eigenvalue weighted by atomic mass is 16.5. The molecule has 0 spiro atoms. The predicted molar refractivity (Wildman–Crippen MR) is 72.4 cm³/mol. The number of allylic oxidation sites excluding steroid dienone is 2. The van der Waals surface area contributed by atoms with Crippen LogP contribution in [0.15, 0.2) is 30.4 Å². The van der Waals surface area contributed by atoms with Gasteiger partial charge in [0.25, 0.3) is 0 Å². The third-order valence-corrected chi connectivity index (χ3v) is 3.69. The van der Waals surface area contributed by atoms with Crippen LogP contribution in [0.5, 0.6) is 5.75 Å². The van der Waals surface area contributed by atoms with E-state index in [1.54, 1.807) is 0 Å². The smallest absolute Gasteiger partial charge is 0.139 e. The molecule has 0 N–H and O–H groups in total. The number of rotatable bonds is 3. The third kappa shape index (κ3) is 2.73. The van der Waals surface area contributed by atoms with E-state index in [0.29, 0.717) is 24.0 Å². The van der Waals surface area contributed by atoms with E-state index >= 15 is 0 Å². The van der Waals surface area contributed by atoms with E-state index in [0.717, 1.165) is 24.2 Å². The number of para-hydroxylation sites is 1. The Bertz CT molecular complexity index is 484. The van der Waals surface area contributed by atoms with Crippen LogP contribution in [0.3, 0.4) is 0 Å². The zero-order chi connectivity index (χ0) is 13.0. The summed E-state index contributed by atoms with van der Waals surface area (Å²) in [4.78, 5) is 0. The quantitative estimate of drug-likeness (QED) is 0.753. The molecule has 94 valence electrons. The molecule has 1 aromatic rings. The first kappa shape index (κ1) is 12.7. The van der Waals surface area contributed by atoms with Gasteiger partial charge in [0.2, 0.25) is 0 Å². The van der Waals surface area contributed by atoms with Gasteiger partial charge in [-0.25, -0.2) is 0 Å². The Labute approximate surface area is 109 Å². The summed E-state index contributed by atoms with van der Waals surface area (Å²) in [7, 11) is 0. The highest BCUT2D eigenvalue weighted by Gasteiger charge is 2.19. The van der Waals surface area contributed by atoms with Crippen LogP contribution in [0.25, 0.3) is 0 Å². The van der Waals surface area contributed by atoms with E-state index in [-0.39, 0.29) is 0 Å². The summed E-state index contributed by atoms with van der Waals surface area (Å²) < 4.78 is 5.91. The lowest BCUT2D eigenvalue weighted by atomic mass is 9.85. The molecule has 0 saturated carbocycles. The van der Waals surface area contributed by atoms with E-state index in [2.05, 4.69) is 25.1 Å². The molecule has 1 aromatic carbocycles. The Morgan fingerprint density at radius 2 is 2.11 bits per heavy atom. The van der Waals surface area contributed by atoms with Crippen LogP contribution in [0.2, 0.25) is 0 Å². The average Bonchev–Trinajstić information content (AvgIpc) is 2.39. The van der Waals surface area contributed by atoms with Crippen molar-refractivity contribution in [1.29, 1.82) is 5.26 Å². The molecule has 0 bridgehead atoms. The lowest BCUT2D eigenvalue weighted by Gasteiger charge is -2.25. The molecular formula is C16H19NO. The summed E-state index contributed by atoms with van der Waals surface area (Å²) in [5.41, 5.74) is 1.67. The van der Waals surface area contributed by atoms with Gasteiger partial charge in [0, 0.05) is 0 Å². The van der Waals surface area contributed by atoms with E-state index in [4.69, 9.17) is 10.00 Å². The van der Waals surface area contributed by atoms with E-state index in [1.165, 1.54) is 0 Å². The minimum absolute atomic E-state index is 0.557. The highest BCUT2D eigenvalue weighted by Crippen LogP contribution is 2.28. The van der Waals surface area contributed by atoms with Crippen molar-refractivity contribution in [2.24, 2.45) is 11.8 Å². The second-order valence-electron chi connectivity index (χ2n) is 5.05. The van der Waals surface area contributed by atoms with Crippen LogP contribution in [0, 0.1) is 30.1 Å². The van der Waals surface area contributed by atoms with Gasteiger partial charge in [-0.3, -0.25) is 0 Å². The standard InChI is InChI=1S/C16H19NO/c1-12-6-3-4-8-15(12)11-18-16-13(2)7-5-9-14(16)10-17/h3-5,7,9,12,15H,6,8,11H2,1-2H3. The summed E-state index contributed by atoms with van der Waals surface area (Å²) in [6, 6.07) is 7.89. The van der Waals surface area contributed by atoms with Crippen LogP contribution >= 0.6 is 0 Å². The van der Waals surface area contributed by atoms with Crippen LogP contribution in [0.1, 0.15) is 30.9 Å². The Morgan fingerprint density at radius 1 is 1.33 bits per heavy atom. The van der Waals surface area contributed by atoms with Crippen LogP contribution < -0.4 is 4.74 Å². The minimum Gasteiger partial charge on any atom is -0.492 e. The normalized spacial score (nSPS) is 22.5. The average molecular weight is 241 g/mol. The maximum atomic E-state index is 9.09. The number of hydrogen-bond donors (Lipinski definition) is 0. The zero-order valence-electron chi connectivity index (χ0n) is 11.0. The molecule has 0 aromatic heterocycles. The number of aryl methyl sites for hydroxylation is 1. The summed E-state index contributed by atoms with van der Waals surface area (Å²) in [6.45, 7) is 4.95. The first-order valence-corrected chi connectivity index (χ1v) is 6.50. The lowest BCUT2D eigenvalue weighted by Crippen LogP contribution is -2.21. The molecule has 0 amide bonds. The summed E-state index contributed by atoms with van der Waals surface area (Å²) in [6.07, 6.45) is 6.69. The minimum atomic E-state index is 0.557. The predicted octanol–water partition coefficient (Wildman–Crippen LogP) is 3.85. The van der Waals surface area contributed by atoms with Gasteiger partial charge >= 0.3 is 0 Å².